The molecule has 1 N–H and O–H groups in total. The molecule has 0 spiro atoms. The maximum absolute atomic E-state index is 11.7. The Morgan fingerprint density at radius 2 is 2.00 bits per heavy atom. The molecule has 0 aromatic heterocycles. The lowest BCUT2D eigenvalue weighted by Gasteiger charge is -2.20. The van der Waals surface area contributed by atoms with Crippen LogP contribution in [0.3, 0.4) is 0 Å². The fraction of sp³-hybridized carbons (Fsp3) is 0.579. The molecular formula is C19H30N2O5. The summed E-state index contributed by atoms with van der Waals surface area (Å²) in [6.07, 6.45) is 1.75. The second kappa shape index (κ2) is 10.7. The molecule has 7 nitrogen and oxygen atoms in total. The van der Waals surface area contributed by atoms with Crippen LogP contribution in [0.5, 0.6) is 11.5 Å². The van der Waals surface area contributed by atoms with Crippen molar-refractivity contribution >= 4 is 18.1 Å². The number of nitrogens with one attached hydrogen (secondary N) is 1. The number of anilines is 1. The Morgan fingerprint density at radius 3 is 2.62 bits per heavy atom. The second-order valence-corrected chi connectivity index (χ2v) is 6.97. The quantitative estimate of drug-likeness (QED) is 0.479. The number of hydrogen-bond donors (Lipinski definition) is 1. The van der Waals surface area contributed by atoms with Crippen molar-refractivity contribution in [2.24, 2.45) is 0 Å². The van der Waals surface area contributed by atoms with Gasteiger partial charge < -0.3 is 24.4 Å². The molecule has 0 aliphatic heterocycles. The Balaban J connectivity index is 2.30. The summed E-state index contributed by atoms with van der Waals surface area (Å²) in [7, 11) is 3.52. The Morgan fingerprint density at radius 1 is 1.27 bits per heavy atom. The van der Waals surface area contributed by atoms with Crippen molar-refractivity contribution in [3.05, 3.63) is 18.2 Å². The van der Waals surface area contributed by atoms with Crippen LogP contribution in [-0.2, 0) is 14.3 Å². The van der Waals surface area contributed by atoms with E-state index < -0.39 is 5.60 Å². The third-order valence-corrected chi connectivity index (χ3v) is 3.47. The van der Waals surface area contributed by atoms with E-state index in [2.05, 4.69) is 10.2 Å². The van der Waals surface area contributed by atoms with Gasteiger partial charge in [0.15, 0.2) is 0 Å². The molecule has 1 aromatic rings. The molecule has 0 fully saturated rings. The Hall–Kier alpha value is -2.28. The minimum absolute atomic E-state index is 0.168. The lowest BCUT2D eigenvalue weighted by atomic mass is 10.2. The number of esters is 1. The van der Waals surface area contributed by atoms with E-state index in [1.165, 1.54) is 7.11 Å². The van der Waals surface area contributed by atoms with E-state index in [1.54, 1.807) is 18.2 Å². The highest BCUT2D eigenvalue weighted by Gasteiger charge is 2.15. The highest BCUT2D eigenvalue weighted by atomic mass is 16.6. The molecular weight excluding hydrogens is 336 g/mol. The zero-order valence-electron chi connectivity index (χ0n) is 16.3. The number of carbonyl (C=O) groups excluding carboxylic acids is 2. The average Bonchev–Trinajstić information content (AvgIpc) is 2.54. The van der Waals surface area contributed by atoms with E-state index in [0.29, 0.717) is 36.6 Å². The van der Waals surface area contributed by atoms with Gasteiger partial charge in [-0.25, -0.2) is 0 Å². The van der Waals surface area contributed by atoms with E-state index in [0.717, 1.165) is 19.5 Å². The first kappa shape index (κ1) is 21.8. The van der Waals surface area contributed by atoms with Crippen molar-refractivity contribution in [2.75, 3.05) is 39.2 Å². The monoisotopic (exact) mass is 366 g/mol. The molecule has 26 heavy (non-hydrogen) atoms. The maximum Gasteiger partial charge on any atom is 0.306 e. The van der Waals surface area contributed by atoms with Crippen LogP contribution in [0.15, 0.2) is 18.2 Å². The largest absolute Gasteiger partial charge is 0.494 e. The fourth-order valence-electron chi connectivity index (χ4n) is 2.26. The zero-order valence-corrected chi connectivity index (χ0v) is 16.3. The molecule has 0 saturated carbocycles. The maximum atomic E-state index is 11.7. The average molecular weight is 366 g/mol. The van der Waals surface area contributed by atoms with Crippen molar-refractivity contribution in [1.29, 1.82) is 0 Å². The van der Waals surface area contributed by atoms with Gasteiger partial charge in [-0.05, 0) is 52.9 Å². The molecule has 7 heteroatoms. The van der Waals surface area contributed by atoms with Crippen LogP contribution in [0.1, 0.15) is 33.6 Å². The lowest BCUT2D eigenvalue weighted by molar-refractivity contribution is -0.155. The predicted molar refractivity (Wildman–Crippen MR) is 101 cm³/mol. The molecule has 0 unspecified atom stereocenters. The molecule has 1 aromatic carbocycles. The molecule has 1 rings (SSSR count). The summed E-state index contributed by atoms with van der Waals surface area (Å²) in [4.78, 5) is 24.3. The summed E-state index contributed by atoms with van der Waals surface area (Å²) in [5.41, 5.74) is 0.156. The van der Waals surface area contributed by atoms with Crippen LogP contribution in [0.25, 0.3) is 0 Å². The Labute approximate surface area is 155 Å². The third-order valence-electron chi connectivity index (χ3n) is 3.47. The minimum atomic E-state index is -0.436. The van der Waals surface area contributed by atoms with Crippen LogP contribution in [0.4, 0.5) is 5.69 Å². The zero-order chi connectivity index (χ0) is 19.6. The van der Waals surface area contributed by atoms with E-state index in [1.807, 2.05) is 27.8 Å². The van der Waals surface area contributed by atoms with Crippen molar-refractivity contribution < 1.29 is 23.8 Å². The molecule has 0 aliphatic carbocycles. The SMILES string of the molecule is COc1cc(OCCN(C)CCCC(=O)OC(C)(C)C)ccc1NC=O. The van der Waals surface area contributed by atoms with Crippen molar-refractivity contribution in [2.45, 2.75) is 39.2 Å². The molecule has 1 amide bonds. The van der Waals surface area contributed by atoms with Gasteiger partial charge in [0.05, 0.1) is 12.8 Å². The van der Waals surface area contributed by atoms with Gasteiger partial charge in [-0.15, -0.1) is 0 Å². The molecule has 0 atom stereocenters. The number of hydrogen-bond acceptors (Lipinski definition) is 6. The van der Waals surface area contributed by atoms with E-state index >= 15 is 0 Å². The standard InChI is InChI=1S/C19H30N2O5/c1-19(2,3)26-18(23)7-6-10-21(4)11-12-25-15-8-9-16(20-14-22)17(13-15)24-5/h8-9,13-14H,6-7,10-12H2,1-5H3,(H,20,22). The summed E-state index contributed by atoms with van der Waals surface area (Å²) in [5.74, 6) is 1.04. The first-order valence-corrected chi connectivity index (χ1v) is 8.66. The summed E-state index contributed by atoms with van der Waals surface area (Å²) < 4.78 is 16.2. The molecule has 0 bridgehead atoms. The molecule has 0 heterocycles. The van der Waals surface area contributed by atoms with Gasteiger partial charge in [0.1, 0.15) is 23.7 Å². The van der Waals surface area contributed by atoms with Crippen LogP contribution >= 0.6 is 0 Å². The minimum Gasteiger partial charge on any atom is -0.494 e. The number of likely N-dealkylation sites (N-methyl/N-ethyl adjacent to an activating group) is 1. The molecule has 0 radical (unpaired) electrons. The molecule has 0 aliphatic rings. The molecule has 146 valence electrons. The Bertz CT molecular complexity index is 584. The fourth-order valence-corrected chi connectivity index (χ4v) is 2.26. The van der Waals surface area contributed by atoms with E-state index in [4.69, 9.17) is 14.2 Å². The summed E-state index contributed by atoms with van der Waals surface area (Å²) in [6.45, 7) is 7.62. The van der Waals surface area contributed by atoms with Gasteiger partial charge in [-0.1, -0.05) is 0 Å². The van der Waals surface area contributed by atoms with Crippen molar-refractivity contribution in [3.8, 4) is 11.5 Å². The number of ether oxygens (including phenoxy) is 3. The lowest BCUT2D eigenvalue weighted by Crippen LogP contribution is -2.27. The predicted octanol–water partition coefficient (Wildman–Crippen LogP) is 2.70. The van der Waals surface area contributed by atoms with Crippen LogP contribution < -0.4 is 14.8 Å². The van der Waals surface area contributed by atoms with Gasteiger partial charge in [0.25, 0.3) is 0 Å². The van der Waals surface area contributed by atoms with Gasteiger partial charge in [-0.2, -0.15) is 0 Å². The number of amides is 1. The van der Waals surface area contributed by atoms with Gasteiger partial charge >= 0.3 is 5.97 Å². The smallest absolute Gasteiger partial charge is 0.306 e. The number of carbonyl (C=O) groups is 2. The highest BCUT2D eigenvalue weighted by Crippen LogP contribution is 2.28. The number of nitrogens with zero attached hydrogens (tertiary/aromatic N) is 1. The van der Waals surface area contributed by atoms with Crippen LogP contribution in [-0.4, -0.2) is 56.7 Å². The van der Waals surface area contributed by atoms with E-state index in [-0.39, 0.29) is 5.97 Å². The number of methoxy groups -OCH3 is 1. The van der Waals surface area contributed by atoms with E-state index in [9.17, 15) is 9.59 Å². The van der Waals surface area contributed by atoms with Crippen molar-refractivity contribution in [3.63, 3.8) is 0 Å². The topological polar surface area (TPSA) is 77.1 Å². The molecule has 0 saturated heterocycles. The van der Waals surface area contributed by atoms with Crippen LogP contribution in [0.2, 0.25) is 0 Å². The second-order valence-electron chi connectivity index (χ2n) is 6.97. The normalized spacial score (nSPS) is 11.2. The summed E-state index contributed by atoms with van der Waals surface area (Å²) in [5, 5.41) is 2.57. The third kappa shape index (κ3) is 8.71. The number of rotatable bonds is 11. The van der Waals surface area contributed by atoms with Gasteiger partial charge in [0, 0.05) is 19.0 Å². The van der Waals surface area contributed by atoms with Crippen molar-refractivity contribution in [1.82, 2.24) is 4.90 Å². The summed E-state index contributed by atoms with van der Waals surface area (Å²) >= 11 is 0. The van der Waals surface area contributed by atoms with Gasteiger partial charge in [0.2, 0.25) is 6.41 Å². The first-order valence-electron chi connectivity index (χ1n) is 8.66. The number of benzene rings is 1. The first-order chi connectivity index (χ1) is 12.2. The van der Waals surface area contributed by atoms with Crippen LogP contribution in [0, 0.1) is 0 Å². The van der Waals surface area contributed by atoms with Gasteiger partial charge in [-0.3, -0.25) is 9.59 Å². The Kier molecular flexibility index (Phi) is 8.92. The highest BCUT2D eigenvalue weighted by molar-refractivity contribution is 5.76. The summed E-state index contributed by atoms with van der Waals surface area (Å²) in [6, 6.07) is 5.23.